The van der Waals surface area contributed by atoms with Crippen LogP contribution in [0.2, 0.25) is 5.02 Å². The number of anilines is 1. The molecule has 1 atom stereocenters. The fraction of sp³-hybridized carbons (Fsp3) is 0.467. The predicted octanol–water partition coefficient (Wildman–Crippen LogP) is 5.38. The third kappa shape index (κ3) is 5.87. The standard InChI is InChI=1S/C30H35ClN6O2/c1-20-18-21(14-15-32-20)29(39)34-30-33-26-8-4-7-25(31)28(26)37(30)24-6-2-3-16-35(19-24)27(38)9-5-17-36(22-10-11-22)23-12-13-23/h4-5,7-9,14-15,18,22-24H,2-3,6,10-13,16-17,19H2,1H3,(H,33,34,39)/t24-/m1/s1. The number of para-hydroxylation sites is 1. The summed E-state index contributed by atoms with van der Waals surface area (Å²) in [7, 11) is 0. The Morgan fingerprint density at radius 1 is 1.13 bits per heavy atom. The van der Waals surface area contributed by atoms with Gasteiger partial charge in [-0.2, -0.15) is 0 Å². The van der Waals surface area contributed by atoms with E-state index in [9.17, 15) is 9.59 Å². The topological polar surface area (TPSA) is 83.4 Å². The molecule has 0 unspecified atom stereocenters. The van der Waals surface area contributed by atoms with Crippen LogP contribution in [0.15, 0.2) is 48.7 Å². The Kier molecular flexibility index (Phi) is 7.40. The molecule has 2 amide bonds. The number of aryl methyl sites for hydroxylation is 1. The van der Waals surface area contributed by atoms with Crippen molar-refractivity contribution in [2.75, 3.05) is 25.0 Å². The van der Waals surface area contributed by atoms with Crippen molar-refractivity contribution in [2.45, 2.75) is 70.0 Å². The van der Waals surface area contributed by atoms with E-state index in [0.29, 0.717) is 47.2 Å². The summed E-state index contributed by atoms with van der Waals surface area (Å²) in [5, 5.41) is 3.59. The van der Waals surface area contributed by atoms with Crippen LogP contribution in [0.1, 0.15) is 67.0 Å². The van der Waals surface area contributed by atoms with Gasteiger partial charge in [-0.05, 0) is 76.1 Å². The number of nitrogens with one attached hydrogen (secondary N) is 1. The van der Waals surface area contributed by atoms with Crippen molar-refractivity contribution in [2.24, 2.45) is 0 Å². The van der Waals surface area contributed by atoms with Gasteiger partial charge in [0, 0.05) is 55.2 Å². The van der Waals surface area contributed by atoms with E-state index in [0.717, 1.165) is 37.0 Å². The monoisotopic (exact) mass is 546 g/mol. The number of hydrogen-bond acceptors (Lipinski definition) is 5. The smallest absolute Gasteiger partial charge is 0.258 e. The summed E-state index contributed by atoms with van der Waals surface area (Å²) in [6.07, 6.45) is 13.3. The van der Waals surface area contributed by atoms with Crippen molar-refractivity contribution in [3.8, 4) is 0 Å². The first kappa shape index (κ1) is 26.0. The minimum absolute atomic E-state index is 0.0433. The number of fused-ring (bicyclic) bond motifs is 1. The summed E-state index contributed by atoms with van der Waals surface area (Å²) < 4.78 is 2.03. The number of benzene rings is 1. The lowest BCUT2D eigenvalue weighted by atomic mass is 10.1. The second kappa shape index (κ2) is 11.1. The molecule has 6 rings (SSSR count). The Morgan fingerprint density at radius 3 is 2.67 bits per heavy atom. The maximum atomic E-state index is 13.3. The van der Waals surface area contributed by atoms with Crippen molar-refractivity contribution in [3.05, 3.63) is 65.0 Å². The SMILES string of the molecule is Cc1cc(C(=O)Nc2nc3cccc(Cl)c3n2[C@@H]2CCCCN(C(=O)C=CCN(C3CC3)C3CC3)C2)ccn1. The maximum absolute atomic E-state index is 13.3. The van der Waals surface area contributed by atoms with E-state index in [1.54, 1.807) is 24.4 Å². The van der Waals surface area contributed by atoms with Gasteiger partial charge in [0.05, 0.1) is 22.1 Å². The van der Waals surface area contributed by atoms with Gasteiger partial charge in [-0.1, -0.05) is 23.7 Å². The number of amides is 2. The van der Waals surface area contributed by atoms with E-state index in [-0.39, 0.29) is 17.9 Å². The van der Waals surface area contributed by atoms with Crippen molar-refractivity contribution in [1.82, 2.24) is 24.3 Å². The Labute approximate surface area is 234 Å². The van der Waals surface area contributed by atoms with Crippen LogP contribution in [0.5, 0.6) is 0 Å². The van der Waals surface area contributed by atoms with Gasteiger partial charge in [-0.3, -0.25) is 24.8 Å². The Balaban J connectivity index is 1.24. The first-order valence-electron chi connectivity index (χ1n) is 14.1. The quantitative estimate of drug-likeness (QED) is 0.383. The van der Waals surface area contributed by atoms with Gasteiger partial charge in [0.25, 0.3) is 5.91 Å². The molecule has 2 aliphatic carbocycles. The number of carbonyl (C=O) groups is 2. The van der Waals surface area contributed by atoms with Crippen molar-refractivity contribution >= 4 is 40.4 Å². The molecule has 2 aromatic heterocycles. The lowest BCUT2D eigenvalue weighted by molar-refractivity contribution is -0.126. The molecule has 0 bridgehead atoms. The van der Waals surface area contributed by atoms with Gasteiger partial charge in [-0.15, -0.1) is 0 Å². The molecule has 1 aliphatic heterocycles. The first-order chi connectivity index (χ1) is 19.0. The molecule has 39 heavy (non-hydrogen) atoms. The maximum Gasteiger partial charge on any atom is 0.258 e. The van der Waals surface area contributed by atoms with Gasteiger partial charge in [-0.25, -0.2) is 4.98 Å². The third-order valence-corrected chi connectivity index (χ3v) is 8.28. The van der Waals surface area contributed by atoms with Gasteiger partial charge in [0.15, 0.2) is 0 Å². The summed E-state index contributed by atoms with van der Waals surface area (Å²) in [6.45, 7) is 3.95. The molecule has 0 radical (unpaired) electrons. The highest BCUT2D eigenvalue weighted by molar-refractivity contribution is 6.35. The second-order valence-corrected chi connectivity index (χ2v) is 11.5. The Bertz CT molecular complexity index is 1400. The highest BCUT2D eigenvalue weighted by Gasteiger charge is 2.38. The molecule has 0 spiro atoms. The number of likely N-dealkylation sites (tertiary alicyclic amines) is 1. The minimum atomic E-state index is -0.256. The summed E-state index contributed by atoms with van der Waals surface area (Å²) in [6, 6.07) is 10.4. The predicted molar refractivity (Wildman–Crippen MR) is 153 cm³/mol. The Hall–Kier alpha value is -3.23. The van der Waals surface area contributed by atoms with Crippen molar-refractivity contribution < 1.29 is 9.59 Å². The van der Waals surface area contributed by atoms with Crippen LogP contribution in [0.25, 0.3) is 11.0 Å². The average molecular weight is 547 g/mol. The largest absolute Gasteiger partial charge is 0.337 e. The zero-order chi connectivity index (χ0) is 26.9. The molecule has 3 heterocycles. The molecule has 9 heteroatoms. The normalized spacial score (nSPS) is 20.1. The number of carbonyl (C=O) groups excluding carboxylic acids is 2. The fourth-order valence-corrected chi connectivity index (χ4v) is 5.99. The van der Waals surface area contributed by atoms with E-state index < -0.39 is 0 Å². The van der Waals surface area contributed by atoms with Gasteiger partial charge < -0.3 is 9.47 Å². The van der Waals surface area contributed by atoms with E-state index in [2.05, 4.69) is 15.2 Å². The lowest BCUT2D eigenvalue weighted by Gasteiger charge is -2.26. The number of halogens is 1. The zero-order valence-corrected chi connectivity index (χ0v) is 23.1. The van der Waals surface area contributed by atoms with Crippen molar-refractivity contribution in [3.63, 3.8) is 0 Å². The van der Waals surface area contributed by atoms with Crippen molar-refractivity contribution in [1.29, 1.82) is 0 Å². The Morgan fingerprint density at radius 2 is 1.92 bits per heavy atom. The lowest BCUT2D eigenvalue weighted by Crippen LogP contribution is -2.35. The van der Waals surface area contributed by atoms with Crippen LogP contribution in [-0.4, -0.2) is 67.9 Å². The second-order valence-electron chi connectivity index (χ2n) is 11.0. The van der Waals surface area contributed by atoms with E-state index in [4.69, 9.17) is 16.6 Å². The number of imidazole rings is 1. The number of rotatable bonds is 8. The minimum Gasteiger partial charge on any atom is -0.337 e. The molecule has 204 valence electrons. The number of pyridine rings is 1. The highest BCUT2D eigenvalue weighted by Crippen LogP contribution is 2.37. The number of hydrogen-bond donors (Lipinski definition) is 1. The van der Waals surface area contributed by atoms with E-state index >= 15 is 0 Å². The first-order valence-corrected chi connectivity index (χ1v) is 14.5. The molecule has 3 aliphatic rings. The summed E-state index contributed by atoms with van der Waals surface area (Å²) >= 11 is 6.69. The van der Waals surface area contributed by atoms with Crippen LogP contribution in [0.3, 0.4) is 0 Å². The van der Waals surface area contributed by atoms with E-state index in [1.807, 2.05) is 40.7 Å². The van der Waals surface area contributed by atoms with Crippen LogP contribution < -0.4 is 5.32 Å². The molecule has 2 saturated carbocycles. The van der Waals surface area contributed by atoms with Crippen LogP contribution in [-0.2, 0) is 4.79 Å². The molecular formula is C30H35ClN6O2. The number of aromatic nitrogens is 3. The van der Waals surface area contributed by atoms with Gasteiger partial charge >= 0.3 is 0 Å². The summed E-state index contributed by atoms with van der Waals surface area (Å²) in [5.74, 6) is 0.229. The molecule has 1 saturated heterocycles. The van der Waals surface area contributed by atoms with Crippen LogP contribution in [0.4, 0.5) is 5.95 Å². The van der Waals surface area contributed by atoms with Gasteiger partial charge in [0.2, 0.25) is 11.9 Å². The van der Waals surface area contributed by atoms with Gasteiger partial charge in [0.1, 0.15) is 0 Å². The average Bonchev–Trinajstić information content (AvgIpc) is 3.84. The molecular weight excluding hydrogens is 512 g/mol. The summed E-state index contributed by atoms with van der Waals surface area (Å²) in [5.41, 5.74) is 2.77. The molecule has 1 N–H and O–H groups in total. The third-order valence-electron chi connectivity index (χ3n) is 7.98. The molecule has 3 fully saturated rings. The zero-order valence-electron chi connectivity index (χ0n) is 22.4. The number of nitrogens with zero attached hydrogens (tertiary/aromatic N) is 5. The highest BCUT2D eigenvalue weighted by atomic mass is 35.5. The molecule has 1 aromatic carbocycles. The molecule has 8 nitrogen and oxygen atoms in total. The molecule has 3 aromatic rings. The fourth-order valence-electron chi connectivity index (χ4n) is 5.73. The van der Waals surface area contributed by atoms with Crippen LogP contribution >= 0.6 is 11.6 Å². The van der Waals surface area contributed by atoms with Crippen LogP contribution in [0, 0.1) is 6.92 Å². The van der Waals surface area contributed by atoms with E-state index in [1.165, 1.54) is 25.7 Å². The summed E-state index contributed by atoms with van der Waals surface area (Å²) in [4.78, 5) is 40.0.